The summed E-state index contributed by atoms with van der Waals surface area (Å²) < 4.78 is 10.6. The highest BCUT2D eigenvalue weighted by Gasteiger charge is 2.15. The third-order valence-corrected chi connectivity index (χ3v) is 2.83. The lowest BCUT2D eigenvalue weighted by Gasteiger charge is -2.21. The molecule has 2 rings (SSSR count). The van der Waals surface area contributed by atoms with Gasteiger partial charge in [-0.3, -0.25) is 4.79 Å². The topological polar surface area (TPSA) is 64.2 Å². The van der Waals surface area contributed by atoms with Crippen molar-refractivity contribution in [2.45, 2.75) is 38.4 Å². The van der Waals surface area contributed by atoms with E-state index in [1.54, 1.807) is 7.11 Å². The third kappa shape index (κ3) is 3.64. The predicted octanol–water partition coefficient (Wildman–Crippen LogP) is 1.03. The van der Waals surface area contributed by atoms with E-state index in [1.807, 2.05) is 0 Å². The van der Waals surface area contributed by atoms with Crippen molar-refractivity contribution in [3.05, 3.63) is 27.9 Å². The maximum absolute atomic E-state index is 11.4. The Morgan fingerprint density at radius 3 is 3.18 bits per heavy atom. The van der Waals surface area contributed by atoms with Gasteiger partial charge in [-0.1, -0.05) is 0 Å². The van der Waals surface area contributed by atoms with E-state index in [0.717, 1.165) is 19.4 Å². The van der Waals surface area contributed by atoms with Gasteiger partial charge < -0.3 is 14.5 Å². The Morgan fingerprint density at radius 1 is 1.59 bits per heavy atom. The molecular weight excluding hydrogens is 220 g/mol. The molecule has 0 radical (unpaired) electrons. The Kier molecular flexibility index (Phi) is 4.28. The molecule has 1 saturated heterocycles. The summed E-state index contributed by atoms with van der Waals surface area (Å²) in [6.45, 7) is 1.18. The van der Waals surface area contributed by atoms with Gasteiger partial charge in [0.15, 0.2) is 0 Å². The molecule has 1 aromatic heterocycles. The Morgan fingerprint density at radius 2 is 2.47 bits per heavy atom. The van der Waals surface area contributed by atoms with Crippen LogP contribution in [0.4, 0.5) is 0 Å². The van der Waals surface area contributed by atoms with Crippen molar-refractivity contribution in [2.75, 3.05) is 13.7 Å². The van der Waals surface area contributed by atoms with Gasteiger partial charge in [0.2, 0.25) is 0 Å². The number of ether oxygens (including phenoxy) is 2. The first-order valence-corrected chi connectivity index (χ1v) is 5.97. The van der Waals surface area contributed by atoms with E-state index in [1.165, 1.54) is 12.5 Å². The molecule has 1 N–H and O–H groups in total. The lowest BCUT2D eigenvalue weighted by molar-refractivity contribution is 0.0155. The standard InChI is InChI=1S/C12H18N2O3/c1-16-8-9-6-12(15)14-11(13-9)7-10-4-2-3-5-17-10/h6,10H,2-5,7-8H2,1H3,(H,13,14,15). The summed E-state index contributed by atoms with van der Waals surface area (Å²) in [5, 5.41) is 0. The van der Waals surface area contributed by atoms with E-state index in [-0.39, 0.29) is 11.7 Å². The average Bonchev–Trinajstić information content (AvgIpc) is 2.30. The minimum atomic E-state index is -0.127. The molecule has 0 bridgehead atoms. The quantitative estimate of drug-likeness (QED) is 0.850. The van der Waals surface area contributed by atoms with Gasteiger partial charge in [0, 0.05) is 26.2 Å². The van der Waals surface area contributed by atoms with Crippen LogP contribution in [0, 0.1) is 0 Å². The Hall–Kier alpha value is -1.20. The second kappa shape index (κ2) is 5.93. The van der Waals surface area contributed by atoms with Gasteiger partial charge in [0.1, 0.15) is 5.82 Å². The van der Waals surface area contributed by atoms with Gasteiger partial charge >= 0.3 is 0 Å². The van der Waals surface area contributed by atoms with Crippen LogP contribution < -0.4 is 5.56 Å². The highest BCUT2D eigenvalue weighted by atomic mass is 16.5. The van der Waals surface area contributed by atoms with Gasteiger partial charge in [0.25, 0.3) is 5.56 Å². The number of hydrogen-bond acceptors (Lipinski definition) is 4. The van der Waals surface area contributed by atoms with Crippen LogP contribution in [0.2, 0.25) is 0 Å². The van der Waals surface area contributed by atoms with Crippen molar-refractivity contribution in [1.29, 1.82) is 0 Å². The average molecular weight is 238 g/mol. The second-order valence-corrected chi connectivity index (χ2v) is 4.31. The van der Waals surface area contributed by atoms with Crippen LogP contribution in [0.1, 0.15) is 30.8 Å². The van der Waals surface area contributed by atoms with Crippen molar-refractivity contribution in [1.82, 2.24) is 9.97 Å². The van der Waals surface area contributed by atoms with Crippen LogP contribution in [-0.2, 0) is 22.5 Å². The molecule has 1 aromatic rings. The molecule has 0 aliphatic carbocycles. The van der Waals surface area contributed by atoms with E-state index >= 15 is 0 Å². The summed E-state index contributed by atoms with van der Waals surface area (Å²) in [6, 6.07) is 1.47. The zero-order valence-corrected chi connectivity index (χ0v) is 10.1. The molecule has 1 fully saturated rings. The monoisotopic (exact) mass is 238 g/mol. The van der Waals surface area contributed by atoms with E-state index in [4.69, 9.17) is 9.47 Å². The number of nitrogens with one attached hydrogen (secondary N) is 1. The van der Waals surface area contributed by atoms with Crippen molar-refractivity contribution >= 4 is 0 Å². The summed E-state index contributed by atoms with van der Waals surface area (Å²) in [4.78, 5) is 18.5. The van der Waals surface area contributed by atoms with Crippen molar-refractivity contribution in [2.24, 2.45) is 0 Å². The van der Waals surface area contributed by atoms with E-state index < -0.39 is 0 Å². The lowest BCUT2D eigenvalue weighted by Crippen LogP contribution is -2.24. The number of H-pyrrole nitrogens is 1. The number of aromatic nitrogens is 2. The number of aromatic amines is 1. The Bertz CT molecular complexity index is 410. The minimum absolute atomic E-state index is 0.127. The SMILES string of the molecule is COCc1cc(=O)[nH]c(CC2CCCCO2)n1. The largest absolute Gasteiger partial charge is 0.378 e. The van der Waals surface area contributed by atoms with E-state index in [9.17, 15) is 4.79 Å². The van der Waals surface area contributed by atoms with Gasteiger partial charge in [-0.25, -0.2) is 4.98 Å². The Balaban J connectivity index is 2.06. The zero-order chi connectivity index (χ0) is 12.1. The maximum atomic E-state index is 11.4. The molecule has 1 aliphatic rings. The van der Waals surface area contributed by atoms with Crippen LogP contribution >= 0.6 is 0 Å². The van der Waals surface area contributed by atoms with Crippen molar-refractivity contribution in [3.63, 3.8) is 0 Å². The lowest BCUT2D eigenvalue weighted by atomic mass is 10.1. The minimum Gasteiger partial charge on any atom is -0.378 e. The highest BCUT2D eigenvalue weighted by molar-refractivity contribution is 5.02. The number of nitrogens with zero attached hydrogens (tertiary/aromatic N) is 1. The molecule has 5 heteroatoms. The molecule has 1 atom stereocenters. The fraction of sp³-hybridized carbons (Fsp3) is 0.667. The van der Waals surface area contributed by atoms with E-state index in [0.29, 0.717) is 24.5 Å². The molecule has 94 valence electrons. The summed E-state index contributed by atoms with van der Waals surface area (Å²) in [7, 11) is 1.59. The van der Waals surface area contributed by atoms with Gasteiger partial charge in [-0.15, -0.1) is 0 Å². The van der Waals surface area contributed by atoms with Crippen LogP contribution in [0.15, 0.2) is 10.9 Å². The molecule has 17 heavy (non-hydrogen) atoms. The van der Waals surface area contributed by atoms with E-state index in [2.05, 4.69) is 9.97 Å². The van der Waals surface area contributed by atoms with Crippen LogP contribution in [0.25, 0.3) is 0 Å². The second-order valence-electron chi connectivity index (χ2n) is 4.31. The molecule has 5 nitrogen and oxygen atoms in total. The molecule has 1 unspecified atom stereocenters. The smallest absolute Gasteiger partial charge is 0.251 e. The fourth-order valence-corrected chi connectivity index (χ4v) is 2.07. The van der Waals surface area contributed by atoms with Crippen LogP contribution in [0.3, 0.4) is 0 Å². The molecule has 0 aromatic carbocycles. The third-order valence-electron chi connectivity index (χ3n) is 2.83. The fourth-order valence-electron chi connectivity index (χ4n) is 2.07. The molecule has 0 amide bonds. The molecular formula is C12H18N2O3. The van der Waals surface area contributed by atoms with Gasteiger partial charge in [0.05, 0.1) is 18.4 Å². The molecule has 0 spiro atoms. The molecule has 1 aliphatic heterocycles. The van der Waals surface area contributed by atoms with Crippen LogP contribution in [-0.4, -0.2) is 29.8 Å². The summed E-state index contributed by atoms with van der Waals surface area (Å²) in [5.41, 5.74) is 0.542. The predicted molar refractivity (Wildman–Crippen MR) is 62.9 cm³/mol. The first-order valence-electron chi connectivity index (χ1n) is 5.97. The summed E-state index contributed by atoms with van der Waals surface area (Å²) >= 11 is 0. The van der Waals surface area contributed by atoms with Crippen LogP contribution in [0.5, 0.6) is 0 Å². The highest BCUT2D eigenvalue weighted by Crippen LogP contribution is 2.15. The number of methoxy groups -OCH3 is 1. The van der Waals surface area contributed by atoms with Crippen molar-refractivity contribution in [3.8, 4) is 0 Å². The summed E-state index contributed by atoms with van der Waals surface area (Å²) in [6.07, 6.45) is 4.21. The van der Waals surface area contributed by atoms with Gasteiger partial charge in [-0.05, 0) is 19.3 Å². The first-order chi connectivity index (χ1) is 8.28. The normalized spacial score (nSPS) is 20.4. The molecule has 2 heterocycles. The number of rotatable bonds is 4. The first kappa shape index (κ1) is 12.3. The van der Waals surface area contributed by atoms with Gasteiger partial charge in [-0.2, -0.15) is 0 Å². The Labute approximate surface area is 100 Å². The zero-order valence-electron chi connectivity index (χ0n) is 10.1. The number of hydrogen-bond donors (Lipinski definition) is 1. The maximum Gasteiger partial charge on any atom is 0.251 e. The molecule has 0 saturated carbocycles. The summed E-state index contributed by atoms with van der Waals surface area (Å²) in [5.74, 6) is 0.691. The van der Waals surface area contributed by atoms with Crippen molar-refractivity contribution < 1.29 is 9.47 Å².